The number of ketones is 1. The van der Waals surface area contributed by atoms with E-state index >= 15 is 0 Å². The number of aliphatic imine (C=N–C) groups is 1. The van der Waals surface area contributed by atoms with Crippen LogP contribution in [0.4, 0.5) is 0 Å². The van der Waals surface area contributed by atoms with E-state index in [9.17, 15) is 9.59 Å². The third kappa shape index (κ3) is 2.52. The summed E-state index contributed by atoms with van der Waals surface area (Å²) in [6, 6.07) is 0.527. The summed E-state index contributed by atoms with van der Waals surface area (Å²) in [5.74, 6) is 3.96. The summed E-state index contributed by atoms with van der Waals surface area (Å²) in [5, 5.41) is 0.928. The molecule has 0 spiro atoms. The molecule has 0 aliphatic carbocycles. The molecule has 1 radical (unpaired) electrons. The highest BCUT2D eigenvalue weighted by atomic mass is 32.1. The number of hydrazine groups is 1. The summed E-state index contributed by atoms with van der Waals surface area (Å²) in [5.41, 5.74) is 0.402. The summed E-state index contributed by atoms with van der Waals surface area (Å²) in [6.45, 7) is 0. The predicted molar refractivity (Wildman–Crippen MR) is 81.7 cm³/mol. The number of nitrogens with zero attached hydrogens (tertiary/aromatic N) is 2. The number of amides is 1. The molecule has 0 bridgehead atoms. The quantitative estimate of drug-likeness (QED) is 0.303. The van der Waals surface area contributed by atoms with Crippen LogP contribution in [0.1, 0.15) is 11.6 Å². The Hall–Kier alpha value is -0.610. The van der Waals surface area contributed by atoms with E-state index in [1.165, 1.54) is 0 Å². The predicted octanol–water partition coefficient (Wildman–Crippen LogP) is 1.07. The molecule has 1 amide bonds. The Morgan fingerprint density at radius 3 is 2.42 bits per heavy atom. The minimum atomic E-state index is -1.04. The van der Waals surface area contributed by atoms with Crippen molar-refractivity contribution in [2.75, 3.05) is 0 Å². The van der Waals surface area contributed by atoms with Gasteiger partial charge in [-0.1, -0.05) is 0 Å². The Bertz CT molecular complexity index is 617. The average molecular weight is 330 g/mol. The molecule has 19 heavy (non-hydrogen) atoms. The highest BCUT2D eigenvalue weighted by Crippen LogP contribution is 2.38. The minimum absolute atomic E-state index is 0.399. The van der Waals surface area contributed by atoms with Crippen LogP contribution in [-0.2, 0) is 9.59 Å². The number of thiol groups is 4. The molecule has 1 atom stereocenters. The van der Waals surface area contributed by atoms with Crippen molar-refractivity contribution in [2.45, 2.75) is 25.6 Å². The van der Waals surface area contributed by atoms with Crippen molar-refractivity contribution in [3.63, 3.8) is 0 Å². The Labute approximate surface area is 131 Å². The van der Waals surface area contributed by atoms with Gasteiger partial charge in [0.2, 0.25) is 0 Å². The van der Waals surface area contributed by atoms with Crippen molar-refractivity contribution in [2.24, 2.45) is 10.8 Å². The van der Waals surface area contributed by atoms with Crippen LogP contribution in [-0.4, -0.2) is 23.0 Å². The molecule has 9 heteroatoms. The molecule has 2 N–H and O–H groups in total. The monoisotopic (exact) mass is 330 g/mol. The molecule has 0 saturated carbocycles. The van der Waals surface area contributed by atoms with Gasteiger partial charge in [0.1, 0.15) is 6.04 Å². The zero-order valence-electron chi connectivity index (χ0n) is 9.23. The number of carbonyl (C=O) groups excluding carboxylic acids is 2. The van der Waals surface area contributed by atoms with Gasteiger partial charge in [0, 0.05) is 19.6 Å². The lowest BCUT2D eigenvalue weighted by Crippen LogP contribution is -2.44. The molecule has 2 rings (SSSR count). The van der Waals surface area contributed by atoms with Crippen molar-refractivity contribution < 1.29 is 9.59 Å². The smallest absolute Gasteiger partial charge is 0.286 e. The van der Waals surface area contributed by atoms with Crippen molar-refractivity contribution >= 4 is 68.5 Å². The first kappa shape index (κ1) is 14.8. The molecular weight excluding hydrogens is 322 g/mol. The van der Waals surface area contributed by atoms with E-state index in [1.807, 2.05) is 0 Å². The lowest BCUT2D eigenvalue weighted by molar-refractivity contribution is -0.139. The van der Waals surface area contributed by atoms with E-state index in [2.05, 4.69) is 61.8 Å². The summed E-state index contributed by atoms with van der Waals surface area (Å²) in [6.07, 6.45) is 2.25. The average Bonchev–Trinajstić information content (AvgIpc) is 2.38. The van der Waals surface area contributed by atoms with E-state index < -0.39 is 17.7 Å². The summed E-state index contributed by atoms with van der Waals surface area (Å²) in [4.78, 5) is 28.3. The summed E-state index contributed by atoms with van der Waals surface area (Å²) >= 11 is 17.0. The Kier molecular flexibility index (Phi) is 4.21. The van der Waals surface area contributed by atoms with Crippen molar-refractivity contribution in [1.29, 1.82) is 0 Å². The van der Waals surface area contributed by atoms with Gasteiger partial charge in [-0.15, -0.1) is 50.5 Å². The molecule has 99 valence electrons. The van der Waals surface area contributed by atoms with E-state index in [-0.39, 0.29) is 0 Å². The summed E-state index contributed by atoms with van der Waals surface area (Å²) < 4.78 is 0. The molecule has 0 saturated heterocycles. The van der Waals surface area contributed by atoms with Crippen LogP contribution >= 0.6 is 50.5 Å². The SMILES string of the molecule is NN1[C]=NC(=O)C(=O)C1c1cc(S)c(S)c(S)c1S. The maximum absolute atomic E-state index is 11.9. The van der Waals surface area contributed by atoms with Crippen molar-refractivity contribution in [1.82, 2.24) is 5.01 Å². The fraction of sp³-hybridized carbons (Fsp3) is 0.100. The van der Waals surface area contributed by atoms with E-state index in [0.29, 0.717) is 25.1 Å². The first-order chi connectivity index (χ1) is 8.84. The van der Waals surface area contributed by atoms with Gasteiger partial charge < -0.3 is 0 Å². The fourth-order valence-electron chi connectivity index (χ4n) is 1.61. The van der Waals surface area contributed by atoms with Gasteiger partial charge in [-0.2, -0.15) is 4.99 Å². The highest BCUT2D eigenvalue weighted by molar-refractivity contribution is 7.86. The van der Waals surface area contributed by atoms with Crippen LogP contribution < -0.4 is 5.84 Å². The van der Waals surface area contributed by atoms with Crippen LogP contribution in [0, 0.1) is 0 Å². The van der Waals surface area contributed by atoms with E-state index in [1.54, 1.807) is 6.07 Å². The van der Waals surface area contributed by atoms with Crippen LogP contribution in [0.3, 0.4) is 0 Å². The number of nitrogens with two attached hydrogens (primary N) is 1. The highest BCUT2D eigenvalue weighted by Gasteiger charge is 2.35. The first-order valence-corrected chi connectivity index (χ1v) is 6.68. The van der Waals surface area contributed by atoms with Gasteiger partial charge in [0.15, 0.2) is 6.34 Å². The first-order valence-electron chi connectivity index (χ1n) is 4.89. The third-order valence-corrected chi connectivity index (χ3v) is 4.83. The summed E-state index contributed by atoms with van der Waals surface area (Å²) in [7, 11) is 0. The largest absolute Gasteiger partial charge is 0.317 e. The van der Waals surface area contributed by atoms with Gasteiger partial charge in [-0.05, 0) is 11.6 Å². The maximum Gasteiger partial charge on any atom is 0.317 e. The second-order valence-corrected chi connectivity index (χ2v) is 5.55. The number of carbonyl (C=O) groups is 2. The molecule has 1 heterocycles. The number of benzene rings is 1. The normalized spacial score (nSPS) is 19.2. The van der Waals surface area contributed by atoms with Crippen LogP contribution in [0.15, 0.2) is 30.6 Å². The van der Waals surface area contributed by atoms with Crippen LogP contribution in [0.5, 0.6) is 0 Å². The minimum Gasteiger partial charge on any atom is -0.286 e. The number of Topliss-reactive ketones (excluding diaryl/α,β-unsaturated/α-hetero) is 1. The zero-order valence-corrected chi connectivity index (χ0v) is 12.8. The Morgan fingerprint density at radius 2 is 1.79 bits per heavy atom. The van der Waals surface area contributed by atoms with Gasteiger partial charge in [0.05, 0.1) is 0 Å². The zero-order chi connectivity index (χ0) is 14.3. The topological polar surface area (TPSA) is 75.8 Å². The standard InChI is InChI=1S/C10H8N3O2S4/c11-13-2-12-10(15)6(14)5(13)3-1-4(16)8(18)9(19)7(3)17/h1,5,16-19H,11H2. The third-order valence-electron chi connectivity index (χ3n) is 2.56. The van der Waals surface area contributed by atoms with Gasteiger partial charge in [-0.25, -0.2) is 5.84 Å². The number of rotatable bonds is 1. The molecular formula is C10H8N3O2S4. The van der Waals surface area contributed by atoms with Gasteiger partial charge in [-0.3, -0.25) is 14.6 Å². The second-order valence-electron chi connectivity index (χ2n) is 3.72. The number of hydrogen-bond acceptors (Lipinski definition) is 8. The molecule has 1 aliphatic heterocycles. The molecule has 5 nitrogen and oxygen atoms in total. The maximum atomic E-state index is 11.9. The number of hydrogen-bond donors (Lipinski definition) is 5. The molecule has 1 aromatic carbocycles. The fourth-order valence-corrected chi connectivity index (χ4v) is 2.76. The molecule has 1 unspecified atom stereocenters. The van der Waals surface area contributed by atoms with Crippen LogP contribution in [0.25, 0.3) is 0 Å². The van der Waals surface area contributed by atoms with Gasteiger partial charge >= 0.3 is 5.91 Å². The van der Waals surface area contributed by atoms with Crippen LogP contribution in [0.2, 0.25) is 0 Å². The molecule has 0 aromatic heterocycles. The molecule has 0 fully saturated rings. The lowest BCUT2D eigenvalue weighted by Gasteiger charge is -2.27. The Morgan fingerprint density at radius 1 is 1.16 bits per heavy atom. The van der Waals surface area contributed by atoms with Gasteiger partial charge in [0.25, 0.3) is 5.78 Å². The molecule has 1 aliphatic rings. The second kappa shape index (κ2) is 5.41. The molecule has 1 aromatic rings. The van der Waals surface area contributed by atoms with Crippen molar-refractivity contribution in [3.05, 3.63) is 11.6 Å². The van der Waals surface area contributed by atoms with E-state index in [0.717, 1.165) is 5.01 Å². The van der Waals surface area contributed by atoms with Crippen molar-refractivity contribution in [3.8, 4) is 0 Å². The lowest BCUT2D eigenvalue weighted by atomic mass is 10.0. The van der Waals surface area contributed by atoms with E-state index in [4.69, 9.17) is 5.84 Å². The Balaban J connectivity index is 2.62.